The van der Waals surface area contributed by atoms with Crippen molar-refractivity contribution in [2.75, 3.05) is 50.8 Å². The molecule has 0 saturated heterocycles. The first-order valence-electron chi connectivity index (χ1n) is 29.6. The van der Waals surface area contributed by atoms with Gasteiger partial charge in [0.1, 0.15) is 6.04 Å². The predicted molar refractivity (Wildman–Crippen MR) is 301 cm³/mol. The van der Waals surface area contributed by atoms with Crippen LogP contribution in [0.25, 0.3) is 0 Å². The molecule has 2 amide bonds. The molecule has 7 N–H and O–H groups in total. The molecule has 0 aromatic rings. The highest BCUT2D eigenvalue weighted by molar-refractivity contribution is 8.76. The van der Waals surface area contributed by atoms with Crippen LogP contribution in [-0.4, -0.2) is 123 Å². The third-order valence-corrected chi connectivity index (χ3v) is 16.3. The standard InChI is InChI=1S/C57H116N4O6S2/c1-5-9-13-17-21-23-27-31-39-53(64)49-61(50-54(65)40-32-28-24-22-18-14-10-6-2)44-35-36-45-68-69-46-42-55(57(58)67)59-56(66)41-33-34-43-60(47-51(62)37-29-25-19-15-11-7-3)48-52(63)38-30-26-20-16-12-8-4/h51-55,62-65H,5-50H2,1-4H3,(H2,58,67)(H,59,66). The highest BCUT2D eigenvalue weighted by Gasteiger charge is 2.20. The van der Waals surface area contributed by atoms with Crippen LogP contribution in [0.1, 0.15) is 272 Å². The molecule has 0 spiro atoms. The van der Waals surface area contributed by atoms with Gasteiger partial charge in [-0.05, 0) is 70.9 Å². The van der Waals surface area contributed by atoms with E-state index in [9.17, 15) is 30.0 Å². The predicted octanol–water partition coefficient (Wildman–Crippen LogP) is 13.3. The first-order chi connectivity index (χ1) is 33.6. The van der Waals surface area contributed by atoms with Gasteiger partial charge in [-0.15, -0.1) is 0 Å². The highest BCUT2D eigenvalue weighted by atomic mass is 33.1. The number of hydrogen-bond donors (Lipinski definition) is 6. The van der Waals surface area contributed by atoms with Crippen LogP contribution >= 0.6 is 21.6 Å². The van der Waals surface area contributed by atoms with E-state index in [0.717, 1.165) is 95.8 Å². The molecule has 0 saturated carbocycles. The van der Waals surface area contributed by atoms with E-state index in [-0.39, 0.29) is 18.1 Å². The van der Waals surface area contributed by atoms with Crippen molar-refractivity contribution in [1.82, 2.24) is 15.1 Å². The molecule has 0 aliphatic carbocycles. The first-order valence-corrected chi connectivity index (χ1v) is 32.0. The summed E-state index contributed by atoms with van der Waals surface area (Å²) in [6.07, 6.45) is 40.3. The van der Waals surface area contributed by atoms with Crippen LogP contribution in [0.4, 0.5) is 0 Å². The van der Waals surface area contributed by atoms with Crippen molar-refractivity contribution in [2.45, 2.75) is 302 Å². The Balaban J connectivity index is 4.76. The van der Waals surface area contributed by atoms with Crippen LogP contribution < -0.4 is 11.1 Å². The summed E-state index contributed by atoms with van der Waals surface area (Å²) < 4.78 is 0. The summed E-state index contributed by atoms with van der Waals surface area (Å²) >= 11 is 0. The zero-order valence-electron chi connectivity index (χ0n) is 45.8. The number of rotatable bonds is 56. The van der Waals surface area contributed by atoms with Crippen LogP contribution in [0.3, 0.4) is 0 Å². The zero-order valence-corrected chi connectivity index (χ0v) is 47.4. The molecule has 0 bridgehead atoms. The Labute approximate surface area is 435 Å². The highest BCUT2D eigenvalue weighted by Crippen LogP contribution is 2.24. The molecule has 5 unspecified atom stereocenters. The maximum absolute atomic E-state index is 13.0. The minimum atomic E-state index is -0.695. The molecule has 412 valence electrons. The third kappa shape index (κ3) is 48.1. The Kier molecular flexibility index (Phi) is 51.8. The summed E-state index contributed by atoms with van der Waals surface area (Å²) in [4.78, 5) is 29.8. The lowest BCUT2D eigenvalue weighted by Crippen LogP contribution is -2.44. The molecule has 0 aliphatic heterocycles. The van der Waals surface area contributed by atoms with Gasteiger partial charge in [-0.3, -0.25) is 19.4 Å². The number of carbonyl (C=O) groups is 2. The number of aliphatic hydroxyl groups excluding tert-OH is 4. The number of nitrogens with one attached hydrogen (secondary N) is 1. The molecule has 0 fully saturated rings. The van der Waals surface area contributed by atoms with Crippen molar-refractivity contribution >= 4 is 33.4 Å². The Morgan fingerprint density at radius 3 is 1.04 bits per heavy atom. The van der Waals surface area contributed by atoms with Crippen LogP contribution in [0.5, 0.6) is 0 Å². The van der Waals surface area contributed by atoms with Crippen molar-refractivity contribution in [1.29, 1.82) is 0 Å². The van der Waals surface area contributed by atoms with Gasteiger partial charge in [0.25, 0.3) is 0 Å². The Morgan fingerprint density at radius 2 is 0.710 bits per heavy atom. The molecule has 0 heterocycles. The Morgan fingerprint density at radius 1 is 0.406 bits per heavy atom. The number of amides is 2. The van der Waals surface area contributed by atoms with Crippen LogP contribution in [-0.2, 0) is 9.59 Å². The number of nitrogens with zero attached hydrogens (tertiary/aromatic N) is 2. The second-order valence-electron chi connectivity index (χ2n) is 20.9. The molecule has 69 heavy (non-hydrogen) atoms. The lowest BCUT2D eigenvalue weighted by molar-refractivity contribution is -0.127. The Hall–Kier alpha value is -0.600. The van der Waals surface area contributed by atoms with E-state index < -0.39 is 24.2 Å². The minimum absolute atomic E-state index is 0.162. The number of aliphatic hydroxyl groups is 4. The van der Waals surface area contributed by atoms with Gasteiger partial charge in [0, 0.05) is 44.1 Å². The van der Waals surface area contributed by atoms with Gasteiger partial charge in [0.2, 0.25) is 11.8 Å². The molecule has 0 aromatic carbocycles. The van der Waals surface area contributed by atoms with E-state index in [1.807, 2.05) is 0 Å². The van der Waals surface area contributed by atoms with Crippen LogP contribution in [0.15, 0.2) is 0 Å². The van der Waals surface area contributed by atoms with Gasteiger partial charge in [-0.25, -0.2) is 0 Å². The average molecular weight is 1020 g/mol. The quantitative estimate of drug-likeness (QED) is 0.0256. The molecule has 0 aromatic heterocycles. The smallest absolute Gasteiger partial charge is 0.240 e. The van der Waals surface area contributed by atoms with Gasteiger partial charge in [0.15, 0.2) is 0 Å². The molecule has 0 rings (SSSR count). The average Bonchev–Trinajstić information content (AvgIpc) is 3.32. The van der Waals surface area contributed by atoms with E-state index in [1.54, 1.807) is 21.6 Å². The third-order valence-electron chi connectivity index (χ3n) is 13.8. The van der Waals surface area contributed by atoms with E-state index in [4.69, 9.17) is 5.73 Å². The summed E-state index contributed by atoms with van der Waals surface area (Å²) in [5.41, 5.74) is 5.74. The number of unbranched alkanes of at least 4 members (excludes halogenated alkanes) is 26. The molecular weight excluding hydrogens is 901 g/mol. The minimum Gasteiger partial charge on any atom is -0.392 e. The fourth-order valence-corrected chi connectivity index (χ4v) is 11.6. The van der Waals surface area contributed by atoms with Crippen molar-refractivity contribution in [3.05, 3.63) is 0 Å². The molecule has 0 radical (unpaired) electrons. The number of primary amides is 1. The van der Waals surface area contributed by atoms with Crippen LogP contribution in [0, 0.1) is 0 Å². The van der Waals surface area contributed by atoms with Crippen molar-refractivity contribution in [3.8, 4) is 0 Å². The molecule has 5 atom stereocenters. The van der Waals surface area contributed by atoms with Crippen molar-refractivity contribution in [2.24, 2.45) is 5.73 Å². The molecule has 12 heteroatoms. The van der Waals surface area contributed by atoms with E-state index in [2.05, 4.69) is 42.8 Å². The van der Waals surface area contributed by atoms with Crippen LogP contribution in [0.2, 0.25) is 0 Å². The largest absolute Gasteiger partial charge is 0.392 e. The molecular formula is C57H116N4O6S2. The van der Waals surface area contributed by atoms with Gasteiger partial charge < -0.3 is 31.5 Å². The van der Waals surface area contributed by atoms with Crippen molar-refractivity contribution < 1.29 is 30.0 Å². The maximum Gasteiger partial charge on any atom is 0.240 e. The summed E-state index contributed by atoms with van der Waals surface area (Å²) in [7, 11) is 3.50. The summed E-state index contributed by atoms with van der Waals surface area (Å²) in [6, 6.07) is -0.695. The van der Waals surface area contributed by atoms with Gasteiger partial charge >= 0.3 is 0 Å². The monoisotopic (exact) mass is 1020 g/mol. The SMILES string of the molecule is CCCCCCCCCCC(O)CN(CCCCSSCCC(NC(=O)CCCCN(CC(O)CCCCCCCC)CC(O)CCCCCCCC)C(N)=O)CC(O)CCCCCCCCCC. The first kappa shape index (κ1) is 68.4. The Bertz CT molecular complexity index is 1050. The topological polar surface area (TPSA) is 160 Å². The maximum atomic E-state index is 13.0. The molecule has 10 nitrogen and oxygen atoms in total. The second kappa shape index (κ2) is 52.3. The summed E-state index contributed by atoms with van der Waals surface area (Å²) in [5.74, 6) is 1.01. The van der Waals surface area contributed by atoms with Gasteiger partial charge in [0.05, 0.1) is 24.4 Å². The van der Waals surface area contributed by atoms with E-state index >= 15 is 0 Å². The number of carbonyl (C=O) groups excluding carboxylic acids is 2. The van der Waals surface area contributed by atoms with E-state index in [0.29, 0.717) is 57.7 Å². The number of nitrogens with two attached hydrogens (primary N) is 1. The van der Waals surface area contributed by atoms with Crippen molar-refractivity contribution in [3.63, 3.8) is 0 Å². The second-order valence-corrected chi connectivity index (χ2v) is 23.6. The lowest BCUT2D eigenvalue weighted by Gasteiger charge is -2.27. The number of hydrogen-bond acceptors (Lipinski definition) is 10. The van der Waals surface area contributed by atoms with Gasteiger partial charge in [-0.1, -0.05) is 229 Å². The summed E-state index contributed by atoms with van der Waals surface area (Å²) in [6.45, 7) is 12.9. The lowest BCUT2D eigenvalue weighted by atomic mass is 10.0. The van der Waals surface area contributed by atoms with Gasteiger partial charge in [-0.2, -0.15) is 0 Å². The normalized spacial score (nSPS) is 14.1. The van der Waals surface area contributed by atoms with E-state index in [1.165, 1.54) is 141 Å². The summed E-state index contributed by atoms with van der Waals surface area (Å²) in [5, 5.41) is 46.7. The fraction of sp³-hybridized carbons (Fsp3) is 0.965. The zero-order chi connectivity index (χ0) is 50.8. The molecule has 0 aliphatic rings. The fourth-order valence-electron chi connectivity index (χ4n) is 9.37.